The number of carboxylic acid groups (broad SMARTS) is 1. The maximum atomic E-state index is 12.1. The summed E-state index contributed by atoms with van der Waals surface area (Å²) in [7, 11) is 0. The molecule has 1 saturated carbocycles. The highest BCUT2D eigenvalue weighted by Gasteiger charge is 2.30. The molecule has 0 amide bonds. The van der Waals surface area contributed by atoms with Crippen LogP contribution in [0.15, 0.2) is 23.1 Å². The van der Waals surface area contributed by atoms with Crippen molar-refractivity contribution in [2.75, 3.05) is 5.73 Å². The number of pyridine rings is 2. The van der Waals surface area contributed by atoms with Crippen LogP contribution in [0.1, 0.15) is 29.2 Å². The van der Waals surface area contributed by atoms with Crippen molar-refractivity contribution in [2.45, 2.75) is 18.9 Å². The number of aromatic carboxylic acids is 1. The van der Waals surface area contributed by atoms with Crippen molar-refractivity contribution in [3.63, 3.8) is 0 Å². The summed E-state index contributed by atoms with van der Waals surface area (Å²) < 4.78 is 1.67. The summed E-state index contributed by atoms with van der Waals surface area (Å²) in [5, 5.41) is 9.42. The summed E-state index contributed by atoms with van der Waals surface area (Å²) in [4.78, 5) is 27.4. The van der Waals surface area contributed by atoms with E-state index in [1.165, 1.54) is 0 Å². The van der Waals surface area contributed by atoms with Gasteiger partial charge in [-0.25, -0.2) is 9.78 Å². The average Bonchev–Trinajstić information content (AvgIpc) is 3.13. The van der Waals surface area contributed by atoms with E-state index in [1.54, 1.807) is 22.9 Å². The van der Waals surface area contributed by atoms with Crippen LogP contribution in [0.5, 0.6) is 0 Å². The van der Waals surface area contributed by atoms with Gasteiger partial charge < -0.3 is 15.4 Å². The first kappa shape index (κ1) is 10.8. The predicted octanol–water partition coefficient (Wildman–Crippen LogP) is 1.01. The van der Waals surface area contributed by atoms with Crippen molar-refractivity contribution in [2.24, 2.45) is 0 Å². The summed E-state index contributed by atoms with van der Waals surface area (Å²) in [5.41, 5.74) is 5.37. The predicted molar refractivity (Wildman–Crippen MR) is 65.6 cm³/mol. The van der Waals surface area contributed by atoms with Crippen LogP contribution >= 0.6 is 0 Å². The number of nitrogen functional groups attached to an aromatic ring is 1. The number of hydrogen-bond donors (Lipinski definition) is 2. The Bertz CT molecular complexity index is 716. The Hall–Kier alpha value is -2.37. The van der Waals surface area contributed by atoms with Crippen LogP contribution < -0.4 is 11.2 Å². The molecule has 6 nitrogen and oxygen atoms in total. The van der Waals surface area contributed by atoms with Crippen LogP contribution in [0.2, 0.25) is 0 Å². The minimum atomic E-state index is -1.29. The molecule has 92 valence electrons. The van der Waals surface area contributed by atoms with Crippen LogP contribution in [0.4, 0.5) is 5.82 Å². The molecule has 2 aromatic rings. The number of anilines is 1. The fourth-order valence-corrected chi connectivity index (χ4v) is 2.16. The molecule has 1 fully saturated rings. The van der Waals surface area contributed by atoms with Gasteiger partial charge >= 0.3 is 5.97 Å². The van der Waals surface area contributed by atoms with E-state index in [9.17, 15) is 9.59 Å². The molecule has 0 bridgehead atoms. The van der Waals surface area contributed by atoms with E-state index in [0.717, 1.165) is 12.8 Å². The first-order valence-corrected chi connectivity index (χ1v) is 5.63. The van der Waals surface area contributed by atoms with Crippen molar-refractivity contribution in [1.82, 2.24) is 9.55 Å². The summed E-state index contributed by atoms with van der Waals surface area (Å²) in [5.74, 6) is -1.29. The molecule has 18 heavy (non-hydrogen) atoms. The lowest BCUT2D eigenvalue weighted by Gasteiger charge is -2.14. The number of carboxylic acids is 1. The maximum Gasteiger partial charge on any atom is 0.343 e. The smallest absolute Gasteiger partial charge is 0.343 e. The molecule has 2 aromatic heterocycles. The Morgan fingerprint density at radius 3 is 2.83 bits per heavy atom. The zero-order chi connectivity index (χ0) is 12.9. The minimum absolute atomic E-state index is 0.00111. The second kappa shape index (κ2) is 3.56. The largest absolute Gasteiger partial charge is 0.477 e. The molecule has 0 radical (unpaired) electrons. The van der Waals surface area contributed by atoms with E-state index in [0.29, 0.717) is 11.0 Å². The molecule has 0 aromatic carbocycles. The molecule has 1 aliphatic carbocycles. The Morgan fingerprint density at radius 2 is 2.22 bits per heavy atom. The number of hydrogen-bond acceptors (Lipinski definition) is 4. The van der Waals surface area contributed by atoms with Crippen LogP contribution in [0.3, 0.4) is 0 Å². The lowest BCUT2D eigenvalue weighted by Crippen LogP contribution is -2.23. The molecule has 6 heteroatoms. The highest BCUT2D eigenvalue weighted by molar-refractivity contribution is 5.97. The van der Waals surface area contributed by atoms with Gasteiger partial charge in [0.05, 0.1) is 5.39 Å². The van der Waals surface area contributed by atoms with Gasteiger partial charge in [0.1, 0.15) is 17.0 Å². The van der Waals surface area contributed by atoms with E-state index >= 15 is 0 Å². The topological polar surface area (TPSA) is 98.2 Å². The van der Waals surface area contributed by atoms with Crippen molar-refractivity contribution in [3.8, 4) is 0 Å². The molecule has 0 atom stereocenters. The van der Waals surface area contributed by atoms with Crippen molar-refractivity contribution in [1.29, 1.82) is 0 Å². The van der Waals surface area contributed by atoms with Gasteiger partial charge in [-0.05, 0) is 25.0 Å². The third-order valence-corrected chi connectivity index (χ3v) is 3.13. The zero-order valence-electron chi connectivity index (χ0n) is 9.46. The molecule has 0 aliphatic heterocycles. The van der Waals surface area contributed by atoms with E-state index in [-0.39, 0.29) is 17.4 Å². The standard InChI is InChI=1S/C12H11N3O3/c13-10-8(12(17)18)9(16)7-2-1-5-14-11(7)15(10)6-3-4-6/h1-2,5-6H,3-4,13H2,(H,17,18). The maximum absolute atomic E-state index is 12.1. The highest BCUT2D eigenvalue weighted by Crippen LogP contribution is 2.38. The fraction of sp³-hybridized carbons (Fsp3) is 0.250. The van der Waals surface area contributed by atoms with Gasteiger partial charge in [-0.2, -0.15) is 0 Å². The second-order valence-electron chi connectivity index (χ2n) is 4.37. The van der Waals surface area contributed by atoms with Crippen LogP contribution in [-0.2, 0) is 0 Å². The van der Waals surface area contributed by atoms with Gasteiger partial charge in [-0.3, -0.25) is 4.79 Å². The first-order valence-electron chi connectivity index (χ1n) is 5.63. The molecule has 3 rings (SSSR count). The lowest BCUT2D eigenvalue weighted by molar-refractivity contribution is 0.0696. The van der Waals surface area contributed by atoms with Crippen LogP contribution in [-0.4, -0.2) is 20.6 Å². The molecule has 2 heterocycles. The number of rotatable bonds is 2. The van der Waals surface area contributed by atoms with Gasteiger partial charge in [0.2, 0.25) is 5.43 Å². The minimum Gasteiger partial charge on any atom is -0.477 e. The lowest BCUT2D eigenvalue weighted by atomic mass is 10.1. The summed E-state index contributed by atoms with van der Waals surface area (Å²) >= 11 is 0. The van der Waals surface area contributed by atoms with Gasteiger partial charge in [0.15, 0.2) is 0 Å². The third-order valence-electron chi connectivity index (χ3n) is 3.13. The van der Waals surface area contributed by atoms with E-state index in [4.69, 9.17) is 10.8 Å². The molecular weight excluding hydrogens is 234 g/mol. The van der Waals surface area contributed by atoms with E-state index in [2.05, 4.69) is 4.98 Å². The molecule has 0 spiro atoms. The summed E-state index contributed by atoms with van der Waals surface area (Å²) in [6.45, 7) is 0. The molecule has 0 unspecified atom stereocenters. The number of carbonyl (C=O) groups is 1. The van der Waals surface area contributed by atoms with Gasteiger partial charge in [-0.1, -0.05) is 0 Å². The summed E-state index contributed by atoms with van der Waals surface area (Å²) in [6, 6.07) is 3.35. The fourth-order valence-electron chi connectivity index (χ4n) is 2.16. The third kappa shape index (κ3) is 1.38. The normalized spacial score (nSPS) is 14.9. The van der Waals surface area contributed by atoms with Crippen molar-refractivity contribution < 1.29 is 9.90 Å². The number of nitrogens with zero attached hydrogens (tertiary/aromatic N) is 2. The van der Waals surface area contributed by atoms with Gasteiger partial charge in [0, 0.05) is 12.2 Å². The summed E-state index contributed by atoms with van der Waals surface area (Å²) in [6.07, 6.45) is 3.43. The number of nitrogens with two attached hydrogens (primary N) is 1. The van der Waals surface area contributed by atoms with Crippen molar-refractivity contribution in [3.05, 3.63) is 34.1 Å². The molecule has 1 aliphatic rings. The van der Waals surface area contributed by atoms with Gasteiger partial charge in [0.25, 0.3) is 0 Å². The average molecular weight is 245 g/mol. The van der Waals surface area contributed by atoms with E-state index < -0.39 is 11.4 Å². The van der Waals surface area contributed by atoms with Crippen LogP contribution in [0.25, 0.3) is 11.0 Å². The van der Waals surface area contributed by atoms with Crippen molar-refractivity contribution >= 4 is 22.8 Å². The first-order chi connectivity index (χ1) is 8.61. The van der Waals surface area contributed by atoms with Crippen LogP contribution in [0, 0.1) is 0 Å². The molecular formula is C12H11N3O3. The Balaban J connectivity index is 2.51. The molecule has 0 saturated heterocycles. The number of aromatic nitrogens is 2. The number of fused-ring (bicyclic) bond motifs is 1. The van der Waals surface area contributed by atoms with E-state index in [1.807, 2.05) is 0 Å². The Labute approximate surface area is 102 Å². The SMILES string of the molecule is Nc1c(C(=O)O)c(=O)c2cccnc2n1C1CC1. The van der Waals surface area contributed by atoms with Gasteiger partial charge in [-0.15, -0.1) is 0 Å². The molecule has 3 N–H and O–H groups in total. The second-order valence-corrected chi connectivity index (χ2v) is 4.37. The Kier molecular flexibility index (Phi) is 2.13. The Morgan fingerprint density at radius 1 is 1.50 bits per heavy atom. The quantitative estimate of drug-likeness (QED) is 0.822. The monoisotopic (exact) mass is 245 g/mol. The highest BCUT2D eigenvalue weighted by atomic mass is 16.4. The zero-order valence-corrected chi connectivity index (χ0v) is 9.46.